The fourth-order valence-corrected chi connectivity index (χ4v) is 4.02. The number of hydrogen-bond acceptors (Lipinski definition) is 9. The molecule has 2 aromatic heterocycles. The molecule has 0 amide bonds. The smallest absolute Gasteiger partial charge is 0.263 e. The normalized spacial score (nSPS) is 11.3. The molecule has 1 N–H and O–H groups in total. The number of nitrogens with zero attached hydrogens (tertiary/aromatic N) is 4. The number of methoxy groups -OCH3 is 2. The lowest BCUT2D eigenvalue weighted by atomic mass is 10.2. The second-order valence-electron chi connectivity index (χ2n) is 7.06. The summed E-state index contributed by atoms with van der Waals surface area (Å²) in [6.45, 7) is 0. The van der Waals surface area contributed by atoms with Crippen LogP contribution in [0.2, 0.25) is 5.02 Å². The van der Waals surface area contributed by atoms with Crippen LogP contribution in [0.5, 0.6) is 23.1 Å². The molecule has 0 aliphatic rings. The molecule has 10 nitrogen and oxygen atoms in total. The van der Waals surface area contributed by atoms with E-state index in [1.807, 2.05) is 0 Å². The first-order valence-electron chi connectivity index (χ1n) is 10.4. The third-order valence-electron chi connectivity index (χ3n) is 4.60. The molecule has 184 valence electrons. The molecule has 0 bridgehead atoms. The summed E-state index contributed by atoms with van der Waals surface area (Å²) in [7, 11) is -1.22. The summed E-state index contributed by atoms with van der Waals surface area (Å²) in [5, 5.41) is 1.46. The summed E-state index contributed by atoms with van der Waals surface area (Å²) in [6, 6.07) is 15.2. The molecule has 0 spiro atoms. The number of ether oxygens (including phenoxy) is 3. The third kappa shape index (κ3) is 6.06. The number of hydrogen-bond donors (Lipinski definition) is 1. The van der Waals surface area contributed by atoms with Gasteiger partial charge in [-0.3, -0.25) is 4.72 Å². The van der Waals surface area contributed by atoms with E-state index in [2.05, 4.69) is 24.7 Å². The Hall–Kier alpha value is -4.22. The van der Waals surface area contributed by atoms with Crippen molar-refractivity contribution in [1.82, 2.24) is 19.9 Å². The maximum atomic E-state index is 13.0. The highest BCUT2D eigenvalue weighted by molar-refractivity contribution is 7.95. The highest BCUT2D eigenvalue weighted by atomic mass is 35.5. The number of sulfonamides is 1. The van der Waals surface area contributed by atoms with Crippen LogP contribution < -0.4 is 18.9 Å². The highest BCUT2D eigenvalue weighted by Gasteiger charge is 2.23. The maximum Gasteiger partial charge on any atom is 0.263 e. The zero-order chi connectivity index (χ0) is 25.5. The minimum atomic E-state index is -4.07. The summed E-state index contributed by atoms with van der Waals surface area (Å²) in [6.07, 6.45) is 4.42. The van der Waals surface area contributed by atoms with Crippen LogP contribution in [0.25, 0.3) is 17.7 Å². The summed E-state index contributed by atoms with van der Waals surface area (Å²) in [5.74, 6) is 0.568. The zero-order valence-electron chi connectivity index (χ0n) is 19.1. The monoisotopic (exact) mass is 525 g/mol. The Bertz CT molecular complexity index is 1500. The Kier molecular flexibility index (Phi) is 7.62. The van der Waals surface area contributed by atoms with E-state index in [-0.39, 0.29) is 29.1 Å². The first kappa shape index (κ1) is 24.9. The van der Waals surface area contributed by atoms with Crippen LogP contribution in [0.1, 0.15) is 5.56 Å². The summed E-state index contributed by atoms with van der Waals surface area (Å²) >= 11 is 5.99. The first-order valence-corrected chi connectivity index (χ1v) is 12.3. The molecule has 36 heavy (non-hydrogen) atoms. The second kappa shape index (κ2) is 11.0. The average molecular weight is 526 g/mol. The van der Waals surface area contributed by atoms with Crippen LogP contribution in [-0.4, -0.2) is 42.6 Å². The molecule has 2 aromatic carbocycles. The van der Waals surface area contributed by atoms with Crippen LogP contribution in [0.3, 0.4) is 0 Å². The van der Waals surface area contributed by atoms with Gasteiger partial charge in [0, 0.05) is 17.4 Å². The molecule has 0 atom stereocenters. The van der Waals surface area contributed by atoms with E-state index in [9.17, 15) is 8.42 Å². The molecule has 2 heterocycles. The van der Waals surface area contributed by atoms with Gasteiger partial charge in [0.25, 0.3) is 15.9 Å². The summed E-state index contributed by atoms with van der Waals surface area (Å²) in [4.78, 5) is 16.9. The fraction of sp³-hybridized carbons (Fsp3) is 0.0833. The number of benzene rings is 2. The van der Waals surface area contributed by atoms with Gasteiger partial charge in [-0.2, -0.15) is 4.98 Å². The number of rotatable bonds is 9. The fourth-order valence-electron chi connectivity index (χ4n) is 3.00. The van der Waals surface area contributed by atoms with Crippen molar-refractivity contribution in [2.75, 3.05) is 18.9 Å². The van der Waals surface area contributed by atoms with Crippen molar-refractivity contribution in [3.63, 3.8) is 0 Å². The number of anilines is 1. The SMILES string of the molecule is COc1ccccc1Oc1c(NS(=O)(=O)C=Cc2cccc(Cl)c2)nc(-c2ncccn2)nc1OC. The third-order valence-corrected chi connectivity index (χ3v) is 5.81. The predicted molar refractivity (Wildman–Crippen MR) is 136 cm³/mol. The molecule has 4 aromatic rings. The van der Waals surface area contributed by atoms with E-state index in [4.69, 9.17) is 25.8 Å². The lowest BCUT2D eigenvalue weighted by Crippen LogP contribution is -2.13. The molecule has 0 aliphatic heterocycles. The van der Waals surface area contributed by atoms with E-state index in [0.717, 1.165) is 5.41 Å². The van der Waals surface area contributed by atoms with E-state index in [0.29, 0.717) is 22.1 Å². The lowest BCUT2D eigenvalue weighted by Gasteiger charge is -2.16. The molecule has 4 rings (SSSR count). The van der Waals surface area contributed by atoms with Crippen LogP contribution in [0.4, 0.5) is 5.82 Å². The molecular weight excluding hydrogens is 506 g/mol. The Labute approximate surface area is 212 Å². The van der Waals surface area contributed by atoms with Gasteiger partial charge in [-0.15, -0.1) is 0 Å². The molecule has 0 saturated carbocycles. The van der Waals surface area contributed by atoms with Crippen LogP contribution >= 0.6 is 11.6 Å². The predicted octanol–water partition coefficient (Wildman–Crippen LogP) is 4.81. The molecule has 12 heteroatoms. The Balaban J connectivity index is 1.79. The van der Waals surface area contributed by atoms with Gasteiger partial charge in [0.2, 0.25) is 11.6 Å². The molecule has 0 fully saturated rings. The maximum absolute atomic E-state index is 13.0. The van der Waals surface area contributed by atoms with Crippen LogP contribution in [0.15, 0.2) is 72.4 Å². The van der Waals surface area contributed by atoms with Crippen LogP contribution in [-0.2, 0) is 10.0 Å². The van der Waals surface area contributed by atoms with Gasteiger partial charge in [0.05, 0.1) is 19.6 Å². The van der Waals surface area contributed by atoms with Crippen LogP contribution in [0, 0.1) is 0 Å². The lowest BCUT2D eigenvalue weighted by molar-refractivity contribution is 0.348. The van der Waals surface area contributed by atoms with Gasteiger partial charge in [-0.05, 0) is 42.0 Å². The Morgan fingerprint density at radius 2 is 1.64 bits per heavy atom. The molecule has 0 unspecified atom stereocenters. The number of aromatic nitrogens is 4. The van der Waals surface area contributed by atoms with Crippen molar-refractivity contribution in [3.05, 3.63) is 83.0 Å². The molecule has 0 saturated heterocycles. The van der Waals surface area contributed by atoms with Crippen molar-refractivity contribution in [2.45, 2.75) is 0 Å². The standard InChI is InChI=1S/C24H20ClN5O5S/c1-33-18-9-3-4-10-19(18)35-20-21(28-23(29-24(20)34-2)22-26-12-6-13-27-22)30-36(31,32)14-11-16-7-5-8-17(25)15-16/h3-15H,1-2H3,(H,28,29,30). The van der Waals surface area contributed by atoms with Crippen molar-refractivity contribution in [1.29, 1.82) is 0 Å². The average Bonchev–Trinajstić information content (AvgIpc) is 2.89. The van der Waals surface area contributed by atoms with Gasteiger partial charge >= 0.3 is 0 Å². The van der Waals surface area contributed by atoms with Crippen molar-refractivity contribution >= 4 is 33.5 Å². The van der Waals surface area contributed by atoms with E-state index >= 15 is 0 Å². The van der Waals surface area contributed by atoms with Gasteiger partial charge in [-0.25, -0.2) is 23.4 Å². The van der Waals surface area contributed by atoms with E-state index in [1.165, 1.54) is 32.7 Å². The zero-order valence-corrected chi connectivity index (χ0v) is 20.7. The van der Waals surface area contributed by atoms with Gasteiger partial charge in [-0.1, -0.05) is 35.9 Å². The van der Waals surface area contributed by atoms with Crippen molar-refractivity contribution in [2.24, 2.45) is 0 Å². The highest BCUT2D eigenvalue weighted by Crippen LogP contribution is 2.40. The number of para-hydroxylation sites is 2. The van der Waals surface area contributed by atoms with Gasteiger partial charge < -0.3 is 14.2 Å². The first-order chi connectivity index (χ1) is 17.4. The minimum Gasteiger partial charge on any atom is -0.493 e. The molecular formula is C24H20ClN5O5S. The molecule has 0 aliphatic carbocycles. The largest absolute Gasteiger partial charge is 0.493 e. The quantitative estimate of drug-likeness (QED) is 0.327. The van der Waals surface area contributed by atoms with Crippen molar-refractivity contribution in [3.8, 4) is 34.8 Å². The Morgan fingerprint density at radius 3 is 2.33 bits per heavy atom. The van der Waals surface area contributed by atoms with Gasteiger partial charge in [0.15, 0.2) is 23.1 Å². The van der Waals surface area contributed by atoms with E-state index in [1.54, 1.807) is 54.6 Å². The molecule has 0 radical (unpaired) electrons. The number of nitrogens with one attached hydrogen (secondary N) is 1. The number of halogens is 1. The Morgan fingerprint density at radius 1 is 0.889 bits per heavy atom. The minimum absolute atomic E-state index is 0.0244. The second-order valence-corrected chi connectivity index (χ2v) is 9.07. The van der Waals surface area contributed by atoms with Gasteiger partial charge in [0.1, 0.15) is 0 Å². The topological polar surface area (TPSA) is 125 Å². The summed E-state index contributed by atoms with van der Waals surface area (Å²) < 4.78 is 45.1. The van der Waals surface area contributed by atoms with Crippen molar-refractivity contribution < 1.29 is 22.6 Å². The summed E-state index contributed by atoms with van der Waals surface area (Å²) in [5.41, 5.74) is 0.594. The van der Waals surface area contributed by atoms with E-state index < -0.39 is 10.0 Å².